The Kier molecular flexibility index (Phi) is 4.15. The van der Waals surface area contributed by atoms with Gasteiger partial charge in [-0.1, -0.05) is 0 Å². The quantitative estimate of drug-likeness (QED) is 0.620. The molecule has 0 bridgehead atoms. The van der Waals surface area contributed by atoms with Crippen molar-refractivity contribution >= 4 is 11.5 Å². The van der Waals surface area contributed by atoms with Crippen molar-refractivity contribution in [1.82, 2.24) is 4.98 Å². The van der Waals surface area contributed by atoms with E-state index in [0.29, 0.717) is 5.92 Å². The maximum atomic E-state index is 7.60. The SMILES string of the molecule is COCC1CCN(c2cnccc2C(=N)N)CC1. The topological polar surface area (TPSA) is 75.2 Å². The van der Waals surface area contributed by atoms with Gasteiger partial charge in [-0.2, -0.15) is 0 Å². The number of piperidine rings is 1. The number of methoxy groups -OCH3 is 1. The van der Waals surface area contributed by atoms with Gasteiger partial charge in [0, 0.05) is 38.6 Å². The van der Waals surface area contributed by atoms with E-state index in [9.17, 15) is 0 Å². The average Bonchev–Trinajstić information content (AvgIpc) is 2.40. The molecule has 0 unspecified atom stereocenters. The van der Waals surface area contributed by atoms with Crippen LogP contribution in [0.1, 0.15) is 18.4 Å². The van der Waals surface area contributed by atoms with Crippen LogP contribution >= 0.6 is 0 Å². The van der Waals surface area contributed by atoms with Crippen LogP contribution in [0.5, 0.6) is 0 Å². The number of ether oxygens (including phenoxy) is 1. The average molecular weight is 248 g/mol. The first-order chi connectivity index (χ1) is 8.72. The van der Waals surface area contributed by atoms with Gasteiger partial charge in [-0.3, -0.25) is 10.4 Å². The van der Waals surface area contributed by atoms with Crippen LogP contribution in [0.15, 0.2) is 18.5 Å². The number of nitrogens with one attached hydrogen (secondary N) is 1. The molecule has 1 fully saturated rings. The minimum Gasteiger partial charge on any atom is -0.384 e. The Labute approximate surface area is 107 Å². The van der Waals surface area contributed by atoms with Crippen LogP contribution in [-0.4, -0.2) is 37.6 Å². The van der Waals surface area contributed by atoms with Crippen LogP contribution in [0.3, 0.4) is 0 Å². The number of hydrogen-bond acceptors (Lipinski definition) is 4. The number of nitrogens with two attached hydrogens (primary N) is 1. The fourth-order valence-corrected chi connectivity index (χ4v) is 2.44. The van der Waals surface area contributed by atoms with E-state index >= 15 is 0 Å². The highest BCUT2D eigenvalue weighted by Gasteiger charge is 2.21. The lowest BCUT2D eigenvalue weighted by atomic mass is 9.97. The van der Waals surface area contributed by atoms with E-state index < -0.39 is 0 Å². The number of hydrogen-bond donors (Lipinski definition) is 2. The zero-order valence-corrected chi connectivity index (χ0v) is 10.7. The number of pyridine rings is 1. The molecule has 0 aliphatic carbocycles. The van der Waals surface area contributed by atoms with Crippen molar-refractivity contribution in [2.24, 2.45) is 11.7 Å². The second-order valence-electron chi connectivity index (χ2n) is 4.69. The van der Waals surface area contributed by atoms with E-state index in [1.54, 1.807) is 25.6 Å². The Hall–Kier alpha value is -1.62. The van der Waals surface area contributed by atoms with E-state index in [1.165, 1.54) is 0 Å². The first kappa shape index (κ1) is 12.8. The highest BCUT2D eigenvalue weighted by atomic mass is 16.5. The second kappa shape index (κ2) is 5.82. The Balaban J connectivity index is 2.07. The van der Waals surface area contributed by atoms with E-state index in [1.807, 2.05) is 0 Å². The highest BCUT2D eigenvalue weighted by Crippen LogP contribution is 2.25. The molecule has 1 saturated heterocycles. The molecule has 0 atom stereocenters. The molecule has 0 aromatic carbocycles. The molecule has 18 heavy (non-hydrogen) atoms. The normalized spacial score (nSPS) is 16.8. The third-order valence-corrected chi connectivity index (χ3v) is 3.45. The van der Waals surface area contributed by atoms with Gasteiger partial charge in [0.1, 0.15) is 5.84 Å². The van der Waals surface area contributed by atoms with Gasteiger partial charge in [-0.15, -0.1) is 0 Å². The number of anilines is 1. The van der Waals surface area contributed by atoms with Gasteiger partial charge in [0.05, 0.1) is 11.9 Å². The van der Waals surface area contributed by atoms with Crippen LogP contribution in [0.4, 0.5) is 5.69 Å². The molecule has 0 saturated carbocycles. The van der Waals surface area contributed by atoms with Crippen molar-refractivity contribution in [3.05, 3.63) is 24.0 Å². The number of nitrogens with zero attached hydrogens (tertiary/aromatic N) is 2. The molecule has 5 nitrogen and oxygen atoms in total. The van der Waals surface area contributed by atoms with Crippen LogP contribution in [-0.2, 0) is 4.74 Å². The van der Waals surface area contributed by atoms with Crippen LogP contribution in [0.2, 0.25) is 0 Å². The fourth-order valence-electron chi connectivity index (χ4n) is 2.44. The lowest BCUT2D eigenvalue weighted by Crippen LogP contribution is -2.36. The smallest absolute Gasteiger partial charge is 0.125 e. The first-order valence-electron chi connectivity index (χ1n) is 6.24. The molecule has 1 aliphatic heterocycles. The van der Waals surface area contributed by atoms with Crippen molar-refractivity contribution in [1.29, 1.82) is 5.41 Å². The summed E-state index contributed by atoms with van der Waals surface area (Å²) in [5.74, 6) is 0.745. The van der Waals surface area contributed by atoms with Gasteiger partial charge < -0.3 is 15.4 Å². The van der Waals surface area contributed by atoms with E-state index in [4.69, 9.17) is 15.9 Å². The largest absolute Gasteiger partial charge is 0.384 e. The highest BCUT2D eigenvalue weighted by molar-refractivity contribution is 6.00. The summed E-state index contributed by atoms with van der Waals surface area (Å²) in [7, 11) is 1.75. The molecular formula is C13H20N4O. The van der Waals surface area contributed by atoms with E-state index in [0.717, 1.165) is 43.8 Å². The molecule has 1 aliphatic rings. The Bertz CT molecular complexity index is 413. The zero-order chi connectivity index (χ0) is 13.0. The van der Waals surface area contributed by atoms with Gasteiger partial charge in [-0.25, -0.2) is 0 Å². The van der Waals surface area contributed by atoms with Crippen molar-refractivity contribution in [2.75, 3.05) is 31.7 Å². The van der Waals surface area contributed by atoms with Gasteiger partial charge in [-0.05, 0) is 24.8 Å². The fraction of sp³-hybridized carbons (Fsp3) is 0.538. The van der Waals surface area contributed by atoms with Gasteiger partial charge in [0.25, 0.3) is 0 Å². The number of amidine groups is 1. The lowest BCUT2D eigenvalue weighted by Gasteiger charge is -2.34. The molecule has 2 rings (SSSR count). The van der Waals surface area contributed by atoms with Crippen molar-refractivity contribution in [3.63, 3.8) is 0 Å². The summed E-state index contributed by atoms with van der Waals surface area (Å²) in [4.78, 5) is 6.40. The lowest BCUT2D eigenvalue weighted by molar-refractivity contribution is 0.139. The summed E-state index contributed by atoms with van der Waals surface area (Å²) in [6.07, 6.45) is 5.70. The number of nitrogen functional groups attached to an aromatic ring is 1. The summed E-state index contributed by atoms with van der Waals surface area (Å²) < 4.78 is 5.20. The maximum absolute atomic E-state index is 7.60. The van der Waals surface area contributed by atoms with Gasteiger partial charge >= 0.3 is 0 Å². The molecular weight excluding hydrogens is 228 g/mol. The standard InChI is InChI=1S/C13H20N4O/c1-18-9-10-3-6-17(7-4-10)12-8-16-5-2-11(12)13(14)15/h2,5,8,10H,3-4,6-7,9H2,1H3,(H3,14,15). The van der Waals surface area contributed by atoms with E-state index in [2.05, 4.69) is 9.88 Å². The van der Waals surface area contributed by atoms with Crippen molar-refractivity contribution < 1.29 is 4.74 Å². The van der Waals surface area contributed by atoms with Crippen LogP contribution in [0, 0.1) is 11.3 Å². The molecule has 1 aromatic rings. The van der Waals surface area contributed by atoms with Crippen LogP contribution < -0.4 is 10.6 Å². The molecule has 1 aromatic heterocycles. The first-order valence-corrected chi connectivity index (χ1v) is 6.24. The Morgan fingerprint density at radius 1 is 1.56 bits per heavy atom. The molecule has 2 heterocycles. The number of aromatic nitrogens is 1. The summed E-state index contributed by atoms with van der Waals surface area (Å²) in [6, 6.07) is 1.80. The summed E-state index contributed by atoms with van der Waals surface area (Å²) in [5.41, 5.74) is 7.35. The molecule has 0 amide bonds. The molecule has 98 valence electrons. The van der Waals surface area contributed by atoms with Gasteiger partial charge in [0.15, 0.2) is 0 Å². The Morgan fingerprint density at radius 2 is 2.28 bits per heavy atom. The maximum Gasteiger partial charge on any atom is 0.125 e. The van der Waals surface area contributed by atoms with E-state index in [-0.39, 0.29) is 5.84 Å². The molecule has 0 spiro atoms. The zero-order valence-electron chi connectivity index (χ0n) is 10.7. The van der Waals surface area contributed by atoms with Gasteiger partial charge in [0.2, 0.25) is 0 Å². The van der Waals surface area contributed by atoms with Crippen molar-refractivity contribution in [3.8, 4) is 0 Å². The summed E-state index contributed by atoms with van der Waals surface area (Å²) in [5, 5.41) is 7.60. The summed E-state index contributed by atoms with van der Waals surface area (Å²) >= 11 is 0. The minimum absolute atomic E-state index is 0.103. The summed E-state index contributed by atoms with van der Waals surface area (Å²) in [6.45, 7) is 2.78. The van der Waals surface area contributed by atoms with Crippen LogP contribution in [0.25, 0.3) is 0 Å². The molecule has 5 heteroatoms. The monoisotopic (exact) mass is 248 g/mol. The molecule has 3 N–H and O–H groups in total. The minimum atomic E-state index is 0.103. The third-order valence-electron chi connectivity index (χ3n) is 3.45. The predicted octanol–water partition coefficient (Wildman–Crippen LogP) is 1.23. The third kappa shape index (κ3) is 2.79. The number of rotatable bonds is 4. The predicted molar refractivity (Wildman–Crippen MR) is 72.1 cm³/mol. The second-order valence-corrected chi connectivity index (χ2v) is 4.69. The molecule has 0 radical (unpaired) electrons. The Morgan fingerprint density at radius 3 is 2.89 bits per heavy atom. The van der Waals surface area contributed by atoms with Crippen molar-refractivity contribution in [2.45, 2.75) is 12.8 Å².